The fraction of sp³-hybridized carbons (Fsp3) is 0.958. The van der Waals surface area contributed by atoms with Crippen molar-refractivity contribution in [1.29, 1.82) is 0 Å². The van der Waals surface area contributed by atoms with Crippen LogP contribution in [0.1, 0.15) is 169 Å². The van der Waals surface area contributed by atoms with E-state index in [4.69, 9.17) is 57.6 Å². The van der Waals surface area contributed by atoms with Gasteiger partial charge in [0.2, 0.25) is 5.79 Å². The molecule has 5 heterocycles. The van der Waals surface area contributed by atoms with Crippen LogP contribution in [0.2, 0.25) is 0 Å². The Labute approximate surface area is 588 Å². The van der Waals surface area contributed by atoms with Crippen molar-refractivity contribution in [1.82, 2.24) is 15.1 Å². The van der Waals surface area contributed by atoms with Crippen LogP contribution in [0.25, 0.3) is 0 Å². The van der Waals surface area contributed by atoms with Crippen LogP contribution in [0.5, 0.6) is 0 Å². The van der Waals surface area contributed by atoms with E-state index in [1.165, 1.54) is 46.7 Å². The summed E-state index contributed by atoms with van der Waals surface area (Å²) in [7, 11) is 17.5. The number of ether oxygens (including phenoxy) is 10. The van der Waals surface area contributed by atoms with Crippen molar-refractivity contribution in [2.24, 2.45) is 71.0 Å². The van der Waals surface area contributed by atoms with Crippen LogP contribution in [0.3, 0.4) is 0 Å². The topological polar surface area (TPSA) is 385 Å². The first-order chi connectivity index (χ1) is 45.3. The molecule has 0 spiro atoms. The maximum absolute atomic E-state index is 12.6. The minimum Gasteiger partial charge on any atom is -0.477 e. The van der Waals surface area contributed by atoms with Crippen molar-refractivity contribution < 1.29 is 118 Å². The summed E-state index contributed by atoms with van der Waals surface area (Å²) < 4.78 is 55.7. The molecule has 5 aliphatic rings. The van der Waals surface area contributed by atoms with Gasteiger partial charge in [-0.15, -0.1) is 0 Å². The number of aliphatic hydroxyl groups is 10. The molecular formula is C71H141N3O24. The molecule has 2 amide bonds. The van der Waals surface area contributed by atoms with Crippen LogP contribution < -0.4 is 5.32 Å². The minimum atomic E-state index is -1.89. The maximum Gasteiger partial charge on any atom is 0.364 e. The molecule has 0 saturated carbocycles. The number of carbonyl (C=O) groups is 3. The van der Waals surface area contributed by atoms with E-state index in [0.29, 0.717) is 84.0 Å². The van der Waals surface area contributed by atoms with Gasteiger partial charge in [-0.1, -0.05) is 123 Å². The van der Waals surface area contributed by atoms with Gasteiger partial charge >= 0.3 is 5.97 Å². The molecule has 0 radical (unpaired) electrons. The molecule has 0 aliphatic carbocycles. The molecule has 5 saturated heterocycles. The zero-order chi connectivity index (χ0) is 76.7. The Morgan fingerprint density at radius 1 is 0.459 bits per heavy atom. The normalized spacial score (nSPS) is 37.8. The van der Waals surface area contributed by atoms with Crippen molar-refractivity contribution in [2.75, 3.05) is 91.0 Å². The van der Waals surface area contributed by atoms with Crippen LogP contribution >= 0.6 is 0 Å². The smallest absolute Gasteiger partial charge is 0.364 e. The van der Waals surface area contributed by atoms with Gasteiger partial charge < -0.3 is 119 Å². The van der Waals surface area contributed by atoms with Gasteiger partial charge in [-0.05, 0) is 99.0 Å². The number of amides is 2. The molecule has 98 heavy (non-hydrogen) atoms. The van der Waals surface area contributed by atoms with Gasteiger partial charge in [0.25, 0.3) is 23.4 Å². The molecule has 0 aromatic heterocycles. The highest BCUT2D eigenvalue weighted by molar-refractivity contribution is 5.84. The second kappa shape index (κ2) is 43.1. The summed E-state index contributed by atoms with van der Waals surface area (Å²) >= 11 is 0. The van der Waals surface area contributed by atoms with E-state index < -0.39 is 115 Å². The van der Waals surface area contributed by atoms with Gasteiger partial charge in [0.1, 0.15) is 48.8 Å². The summed E-state index contributed by atoms with van der Waals surface area (Å²) in [6, 6.07) is 0. The number of nitrogens with one attached hydrogen (secondary N) is 1. The lowest BCUT2D eigenvalue weighted by atomic mass is 9.74. The van der Waals surface area contributed by atoms with Gasteiger partial charge in [0, 0.05) is 95.8 Å². The lowest BCUT2D eigenvalue weighted by Crippen LogP contribution is -2.65. The van der Waals surface area contributed by atoms with Crippen molar-refractivity contribution in [3.63, 3.8) is 0 Å². The van der Waals surface area contributed by atoms with Crippen LogP contribution in [0, 0.1) is 71.0 Å². The fourth-order valence-corrected chi connectivity index (χ4v) is 13.3. The lowest BCUT2D eigenvalue weighted by Gasteiger charge is -2.48. The minimum absolute atomic E-state index is 0.0447. The largest absolute Gasteiger partial charge is 0.477 e. The highest BCUT2D eigenvalue weighted by atomic mass is 16.7. The van der Waals surface area contributed by atoms with Crippen LogP contribution in [0.4, 0.5) is 0 Å². The first-order valence-electron chi connectivity index (χ1n) is 35.3. The van der Waals surface area contributed by atoms with Crippen LogP contribution in [0.15, 0.2) is 0 Å². The predicted molar refractivity (Wildman–Crippen MR) is 371 cm³/mol. The summed E-state index contributed by atoms with van der Waals surface area (Å²) in [5.41, 5.74) is 0. The molecule has 5 fully saturated rings. The number of nitrogens with zero attached hydrogens (tertiary/aromatic N) is 2. The fourth-order valence-electron chi connectivity index (χ4n) is 13.3. The number of carboxylic acids is 1. The Morgan fingerprint density at radius 2 is 0.724 bits per heavy atom. The summed E-state index contributed by atoms with van der Waals surface area (Å²) in [6.45, 7) is 35.6. The number of carboxylic acid groups (broad SMARTS) is 1. The van der Waals surface area contributed by atoms with Crippen molar-refractivity contribution in [3.8, 4) is 0 Å². The summed E-state index contributed by atoms with van der Waals surface area (Å²) in [5, 5.41) is 107. The van der Waals surface area contributed by atoms with E-state index in [0.717, 1.165) is 19.3 Å². The maximum atomic E-state index is 12.6. The van der Waals surface area contributed by atoms with Crippen LogP contribution in [-0.2, 0) is 61.8 Å². The van der Waals surface area contributed by atoms with E-state index in [1.54, 1.807) is 40.1 Å². The highest BCUT2D eigenvalue weighted by Crippen LogP contribution is 2.46. The number of methoxy groups -OCH3 is 5. The molecule has 24 unspecified atom stereocenters. The lowest BCUT2D eigenvalue weighted by molar-refractivity contribution is -0.321. The Morgan fingerprint density at radius 3 is 1.03 bits per heavy atom. The van der Waals surface area contributed by atoms with Gasteiger partial charge in [-0.2, -0.15) is 0 Å². The molecule has 12 N–H and O–H groups in total. The number of likely N-dealkylation sites (N-methyl/N-ethyl adjacent to an activating group) is 2. The van der Waals surface area contributed by atoms with Gasteiger partial charge in [0.05, 0.1) is 43.7 Å². The standard InChI is InChI=1S/C17H33NO3.C15H28O4.C15H30O2.C12H23NO8.C10H20O7.C2H7N/c1-9-11(2)13(4)15-14(5)12(3)10-17(20-8,21-15)16(19)18(6)7;1-7-9(2)11(4)13-12(5)10(3)8-15(18-6,19-13)14(16)17;1-8-10(2)12(4)14-13(5)11(3)9-15(6,16-7)17-14;1-13(2)11(19)12(20-3)4-6(15)8(17)10(21-12)9(18)7(16)5-14;1-10(16-2)3-5(12)7(14)9(17-10)8(15)6(13)4-11;1-3-2/h11-15H,9-10H2,1-8H3;9-13H,7-8H2,1-6H3,(H,16,17);10-14H,8-9H2,1-7H3;6-10,14-18H,4-5H2,1-3H3;5-9,11-15H,3-4H2,1-2H3;3H,1-2H3/t11-,12?,13-,14?,15?,17?;9-,10?,11-,12?,13?,15?;10-,11?,12-,13?,14?,15?;;;/m111.../s1. The van der Waals surface area contributed by atoms with Gasteiger partial charge in [-0.25, -0.2) is 4.79 Å². The molecular weight excluding hydrogens is 1280 g/mol. The zero-order valence-corrected chi connectivity index (χ0v) is 65.1. The molecule has 27 nitrogen and oxygen atoms in total. The predicted octanol–water partition coefficient (Wildman–Crippen LogP) is 4.46. The first kappa shape index (κ1) is 95.6. The van der Waals surface area contributed by atoms with E-state index in [-0.39, 0.29) is 36.9 Å². The SMILES string of the molecule is CC[C@@H](C)[C@@H](C)C1OC(C)(OC)CC(C)C1C.CC[C@@H](C)[C@@H](C)C1OC(OC)(C(=O)N(C)C)CC(C)C1C.CC[C@@H](C)[C@@H](C)C1OC(OC)(C(=O)O)CC(C)C1C.CNC.COC1(C(=O)N(C)C)CC(O)C(O)C(C(O)C(O)CO)O1.COC1(C)CC(O)C(O)C(C(O)C(O)CO)O1. The van der Waals surface area contributed by atoms with Crippen molar-refractivity contribution in [3.05, 3.63) is 0 Å². The summed E-state index contributed by atoms with van der Waals surface area (Å²) in [4.78, 5) is 39.1. The van der Waals surface area contributed by atoms with Crippen molar-refractivity contribution in [2.45, 2.75) is 277 Å². The molecule has 584 valence electrons. The second-order valence-corrected chi connectivity index (χ2v) is 29.5. The quantitative estimate of drug-likeness (QED) is 0.0672. The average molecular weight is 1420 g/mol. The summed E-state index contributed by atoms with van der Waals surface area (Å²) in [6.07, 6.45) is -9.03. The van der Waals surface area contributed by atoms with E-state index in [2.05, 4.69) is 116 Å². The van der Waals surface area contributed by atoms with E-state index in [9.17, 15) is 60.3 Å². The number of rotatable bonds is 23. The Bertz CT molecular complexity index is 2130. The third-order valence-electron chi connectivity index (χ3n) is 22.0. The van der Waals surface area contributed by atoms with E-state index >= 15 is 0 Å². The zero-order valence-electron chi connectivity index (χ0n) is 65.1. The third-order valence-corrected chi connectivity index (χ3v) is 22.0. The number of hydrogen-bond acceptors (Lipinski definition) is 24. The number of carbonyl (C=O) groups excluding carboxylic acids is 2. The van der Waals surface area contributed by atoms with Crippen molar-refractivity contribution >= 4 is 17.8 Å². The Kier molecular flexibility index (Phi) is 42.1. The van der Waals surface area contributed by atoms with Crippen LogP contribution in [-0.4, -0.2) is 283 Å². The third kappa shape index (κ3) is 25.1. The first-order valence-corrected chi connectivity index (χ1v) is 35.3. The molecule has 0 aromatic rings. The molecule has 0 bridgehead atoms. The van der Waals surface area contributed by atoms with E-state index in [1.807, 2.05) is 14.1 Å². The molecule has 5 aliphatic heterocycles. The highest BCUT2D eigenvalue weighted by Gasteiger charge is 2.57. The molecule has 30 atom stereocenters. The molecule has 0 aromatic carbocycles. The Balaban J connectivity index is 0.00000119. The number of hydrogen-bond donors (Lipinski definition) is 12. The number of aliphatic carboxylic acids is 1. The Hall–Kier alpha value is -2.43. The second-order valence-electron chi connectivity index (χ2n) is 29.5. The van der Waals surface area contributed by atoms with Gasteiger partial charge in [-0.3, -0.25) is 9.59 Å². The monoisotopic (exact) mass is 1420 g/mol. The average Bonchev–Trinajstić information content (AvgIpc) is 0.792. The molecule has 5 rings (SSSR count). The summed E-state index contributed by atoms with van der Waals surface area (Å²) in [5.74, 6) is -2.00. The van der Waals surface area contributed by atoms with Gasteiger partial charge in [0.15, 0.2) is 11.6 Å². The number of aliphatic hydroxyl groups excluding tert-OH is 10. The molecule has 27 heteroatoms.